The number of hydrogen-bond donors (Lipinski definition) is 0. The fourth-order valence-electron chi connectivity index (χ4n) is 3.25. The fraction of sp³-hybridized carbons (Fsp3) is 0.333. The molecule has 0 bridgehead atoms. The maximum absolute atomic E-state index is 12.8. The molecule has 8 heteroatoms. The lowest BCUT2D eigenvalue weighted by molar-refractivity contribution is -0.143. The number of unbranched alkanes of at least 4 members (excludes halogenated alkanes) is 1. The number of carbonyl (C=O) groups excluding carboxylic acids is 3. The monoisotopic (exact) mass is 454 g/mol. The third-order valence-electron chi connectivity index (χ3n) is 4.91. The second-order valence-corrected chi connectivity index (χ2v) is 8.18. The van der Waals surface area contributed by atoms with Crippen molar-refractivity contribution < 1.29 is 23.9 Å². The normalized spacial score (nSPS) is 11.5. The summed E-state index contributed by atoms with van der Waals surface area (Å²) >= 11 is 1.36. The van der Waals surface area contributed by atoms with E-state index in [1.165, 1.54) is 48.3 Å². The Labute approximate surface area is 190 Å². The van der Waals surface area contributed by atoms with E-state index in [-0.39, 0.29) is 13.2 Å². The predicted molar refractivity (Wildman–Crippen MR) is 123 cm³/mol. The van der Waals surface area contributed by atoms with E-state index in [1.54, 1.807) is 11.5 Å². The first-order valence-corrected chi connectivity index (χ1v) is 11.3. The standard InChI is InChI=1S/C24H26N2O5S/c1-4-6-7-16-8-13-19-20(14-16)32-24(26(19)15-21(27)31-5-2)25-22(28)17-9-11-18(12-10-17)23(29)30-3/h8-14H,4-7,15H2,1-3H3. The Bertz CT molecular complexity index is 1190. The highest BCUT2D eigenvalue weighted by molar-refractivity contribution is 7.16. The molecule has 0 saturated heterocycles. The zero-order chi connectivity index (χ0) is 23.1. The number of methoxy groups -OCH3 is 1. The number of esters is 2. The van der Waals surface area contributed by atoms with Gasteiger partial charge in [-0.1, -0.05) is 30.7 Å². The average Bonchev–Trinajstić information content (AvgIpc) is 3.13. The van der Waals surface area contributed by atoms with Gasteiger partial charge in [-0.15, -0.1) is 0 Å². The van der Waals surface area contributed by atoms with E-state index in [0.717, 1.165) is 29.5 Å². The van der Waals surface area contributed by atoms with E-state index >= 15 is 0 Å². The second-order valence-electron chi connectivity index (χ2n) is 7.17. The van der Waals surface area contributed by atoms with Crippen LogP contribution in [0.4, 0.5) is 0 Å². The minimum Gasteiger partial charge on any atom is -0.465 e. The van der Waals surface area contributed by atoms with Crippen LogP contribution in [0, 0.1) is 0 Å². The number of fused-ring (bicyclic) bond motifs is 1. The minimum atomic E-state index is -0.475. The Morgan fingerprint density at radius 3 is 2.41 bits per heavy atom. The Hall–Kier alpha value is -3.26. The number of thiazole rings is 1. The van der Waals surface area contributed by atoms with Crippen LogP contribution in [-0.4, -0.2) is 36.1 Å². The molecular weight excluding hydrogens is 428 g/mol. The predicted octanol–water partition coefficient (Wildman–Crippen LogP) is 4.14. The van der Waals surface area contributed by atoms with Crippen molar-refractivity contribution in [2.45, 2.75) is 39.7 Å². The molecule has 0 aliphatic heterocycles. The number of aromatic nitrogens is 1. The molecule has 0 atom stereocenters. The van der Waals surface area contributed by atoms with Crippen LogP contribution in [0.25, 0.3) is 10.2 Å². The highest BCUT2D eigenvalue weighted by atomic mass is 32.1. The van der Waals surface area contributed by atoms with Gasteiger partial charge in [0, 0.05) is 5.56 Å². The van der Waals surface area contributed by atoms with Crippen LogP contribution in [-0.2, 0) is 27.2 Å². The van der Waals surface area contributed by atoms with Crippen LogP contribution < -0.4 is 4.80 Å². The molecule has 0 radical (unpaired) electrons. The zero-order valence-electron chi connectivity index (χ0n) is 18.4. The van der Waals surface area contributed by atoms with Crippen molar-refractivity contribution in [3.8, 4) is 0 Å². The number of nitrogens with zero attached hydrogens (tertiary/aromatic N) is 2. The zero-order valence-corrected chi connectivity index (χ0v) is 19.2. The van der Waals surface area contributed by atoms with Crippen molar-refractivity contribution in [2.24, 2.45) is 4.99 Å². The summed E-state index contributed by atoms with van der Waals surface area (Å²) in [5.74, 6) is -1.33. The Kier molecular flexibility index (Phi) is 7.94. The van der Waals surface area contributed by atoms with Crippen LogP contribution in [0.15, 0.2) is 47.5 Å². The van der Waals surface area contributed by atoms with Crippen molar-refractivity contribution in [1.29, 1.82) is 0 Å². The van der Waals surface area contributed by atoms with Gasteiger partial charge < -0.3 is 14.0 Å². The molecule has 1 heterocycles. The highest BCUT2D eigenvalue weighted by Gasteiger charge is 2.14. The number of hydrogen-bond acceptors (Lipinski definition) is 6. The molecule has 0 saturated carbocycles. The molecule has 2 aromatic carbocycles. The van der Waals surface area contributed by atoms with Gasteiger partial charge >= 0.3 is 11.9 Å². The van der Waals surface area contributed by atoms with E-state index < -0.39 is 17.8 Å². The molecule has 1 amide bonds. The van der Waals surface area contributed by atoms with Gasteiger partial charge in [0.1, 0.15) is 6.54 Å². The number of rotatable bonds is 8. The lowest BCUT2D eigenvalue weighted by Gasteiger charge is -2.06. The van der Waals surface area contributed by atoms with Crippen molar-refractivity contribution in [2.75, 3.05) is 13.7 Å². The maximum atomic E-state index is 12.8. The summed E-state index contributed by atoms with van der Waals surface area (Å²) in [5, 5.41) is 0. The van der Waals surface area contributed by atoms with Gasteiger partial charge in [-0.25, -0.2) is 4.79 Å². The van der Waals surface area contributed by atoms with Gasteiger partial charge in [0.2, 0.25) is 0 Å². The summed E-state index contributed by atoms with van der Waals surface area (Å²) < 4.78 is 12.5. The third kappa shape index (κ3) is 5.50. The van der Waals surface area contributed by atoms with Crippen LogP contribution in [0.5, 0.6) is 0 Å². The van der Waals surface area contributed by atoms with Gasteiger partial charge in [-0.05, 0) is 61.7 Å². The fourth-order valence-corrected chi connectivity index (χ4v) is 4.34. The van der Waals surface area contributed by atoms with Gasteiger partial charge in [0.05, 0.1) is 29.5 Å². The molecule has 0 N–H and O–H groups in total. The number of carbonyl (C=O) groups is 3. The molecule has 32 heavy (non-hydrogen) atoms. The highest BCUT2D eigenvalue weighted by Crippen LogP contribution is 2.21. The molecule has 0 unspecified atom stereocenters. The van der Waals surface area contributed by atoms with E-state index in [4.69, 9.17) is 4.74 Å². The number of aryl methyl sites for hydroxylation is 1. The second kappa shape index (κ2) is 10.9. The summed E-state index contributed by atoms with van der Waals surface area (Å²) in [6.45, 7) is 4.15. The van der Waals surface area contributed by atoms with Crippen molar-refractivity contribution in [3.63, 3.8) is 0 Å². The summed E-state index contributed by atoms with van der Waals surface area (Å²) in [5.41, 5.74) is 2.72. The quantitative estimate of drug-likeness (QED) is 0.478. The van der Waals surface area contributed by atoms with Gasteiger partial charge in [-0.2, -0.15) is 4.99 Å². The van der Waals surface area contributed by atoms with Crippen molar-refractivity contribution >= 4 is 39.4 Å². The van der Waals surface area contributed by atoms with Crippen LogP contribution in [0.1, 0.15) is 53.0 Å². The van der Waals surface area contributed by atoms with E-state index in [2.05, 4.69) is 22.7 Å². The molecule has 168 valence electrons. The van der Waals surface area contributed by atoms with E-state index in [1.807, 2.05) is 12.1 Å². The van der Waals surface area contributed by atoms with Crippen molar-refractivity contribution in [1.82, 2.24) is 4.57 Å². The summed E-state index contributed by atoms with van der Waals surface area (Å²) in [6.07, 6.45) is 3.17. The summed E-state index contributed by atoms with van der Waals surface area (Å²) in [6, 6.07) is 12.2. The Morgan fingerprint density at radius 2 is 1.75 bits per heavy atom. The largest absolute Gasteiger partial charge is 0.465 e. The maximum Gasteiger partial charge on any atom is 0.337 e. The molecule has 3 rings (SSSR count). The van der Waals surface area contributed by atoms with Crippen LogP contribution >= 0.6 is 11.3 Å². The minimum absolute atomic E-state index is 0.0322. The first-order valence-electron chi connectivity index (χ1n) is 10.5. The van der Waals surface area contributed by atoms with E-state index in [9.17, 15) is 14.4 Å². The summed E-state index contributed by atoms with van der Waals surface area (Å²) in [7, 11) is 1.30. The molecule has 0 aliphatic carbocycles. The summed E-state index contributed by atoms with van der Waals surface area (Å²) in [4.78, 5) is 41.3. The first kappa shape index (κ1) is 23.4. The molecule has 1 aromatic heterocycles. The Balaban J connectivity index is 2.01. The molecule has 0 spiro atoms. The van der Waals surface area contributed by atoms with Gasteiger partial charge in [-0.3, -0.25) is 9.59 Å². The van der Waals surface area contributed by atoms with E-state index in [0.29, 0.717) is 15.9 Å². The molecule has 7 nitrogen and oxygen atoms in total. The lowest BCUT2D eigenvalue weighted by atomic mass is 10.1. The smallest absolute Gasteiger partial charge is 0.337 e. The molecular formula is C24H26N2O5S. The SMILES string of the molecule is CCCCc1ccc2c(c1)sc(=NC(=O)c1ccc(C(=O)OC)cc1)n2CC(=O)OCC. The molecule has 3 aromatic rings. The van der Waals surface area contributed by atoms with Crippen LogP contribution in [0.3, 0.4) is 0 Å². The third-order valence-corrected chi connectivity index (χ3v) is 5.95. The van der Waals surface area contributed by atoms with Crippen LogP contribution in [0.2, 0.25) is 0 Å². The average molecular weight is 455 g/mol. The Morgan fingerprint density at radius 1 is 1.03 bits per heavy atom. The topological polar surface area (TPSA) is 87.0 Å². The number of amides is 1. The number of benzene rings is 2. The molecule has 0 aliphatic rings. The van der Waals surface area contributed by atoms with Crippen molar-refractivity contribution in [3.05, 3.63) is 64.0 Å². The van der Waals surface area contributed by atoms with Gasteiger partial charge in [0.15, 0.2) is 4.80 Å². The first-order chi connectivity index (χ1) is 15.5. The van der Waals surface area contributed by atoms with Gasteiger partial charge in [0.25, 0.3) is 5.91 Å². The lowest BCUT2D eigenvalue weighted by Crippen LogP contribution is -2.23. The molecule has 0 fully saturated rings. The number of ether oxygens (including phenoxy) is 2.